The predicted molar refractivity (Wildman–Crippen MR) is 92.4 cm³/mol. The van der Waals surface area contributed by atoms with E-state index in [1.807, 2.05) is 24.3 Å². The van der Waals surface area contributed by atoms with Gasteiger partial charge in [-0.15, -0.1) is 0 Å². The summed E-state index contributed by atoms with van der Waals surface area (Å²) in [6, 6.07) is 13.3. The van der Waals surface area contributed by atoms with Crippen LogP contribution in [0.5, 0.6) is 5.75 Å². The van der Waals surface area contributed by atoms with Gasteiger partial charge in [-0.3, -0.25) is 14.9 Å². The fourth-order valence-electron chi connectivity index (χ4n) is 2.14. The molecule has 2 aromatic rings. The highest BCUT2D eigenvalue weighted by atomic mass is 16.6. The Hall–Kier alpha value is -2.89. The van der Waals surface area contributed by atoms with Crippen molar-refractivity contribution in [2.24, 2.45) is 0 Å². The molecule has 1 N–H and O–H groups in total. The normalized spacial score (nSPS) is 11.6. The summed E-state index contributed by atoms with van der Waals surface area (Å²) < 4.78 is 5.32. The Labute approximate surface area is 140 Å². The second-order valence-electron chi connectivity index (χ2n) is 5.52. The highest BCUT2D eigenvalue weighted by Crippen LogP contribution is 2.20. The molecule has 2 aromatic carbocycles. The van der Waals surface area contributed by atoms with E-state index in [2.05, 4.69) is 19.2 Å². The SMILES string of the molecule is CCC(C)c1ccc(NC(=O)COc2ccc([N+](=O)[O-])cc2)cc1. The first-order valence-corrected chi connectivity index (χ1v) is 7.76. The number of benzene rings is 2. The smallest absolute Gasteiger partial charge is 0.269 e. The van der Waals surface area contributed by atoms with Crippen molar-refractivity contribution >= 4 is 17.3 Å². The van der Waals surface area contributed by atoms with Crippen molar-refractivity contribution in [1.29, 1.82) is 0 Å². The number of nitrogens with zero attached hydrogens (tertiary/aromatic N) is 1. The number of non-ortho nitro benzene ring substituents is 1. The quantitative estimate of drug-likeness (QED) is 0.612. The Balaban J connectivity index is 1.85. The molecule has 6 nitrogen and oxygen atoms in total. The summed E-state index contributed by atoms with van der Waals surface area (Å²) in [6.07, 6.45) is 1.06. The van der Waals surface area contributed by atoms with Gasteiger partial charge in [-0.25, -0.2) is 0 Å². The second kappa shape index (κ2) is 8.10. The van der Waals surface area contributed by atoms with Crippen LogP contribution in [0.4, 0.5) is 11.4 Å². The Morgan fingerprint density at radius 2 is 1.79 bits per heavy atom. The van der Waals surface area contributed by atoms with E-state index in [0.717, 1.165) is 6.42 Å². The van der Waals surface area contributed by atoms with E-state index in [1.54, 1.807) is 0 Å². The number of nitro groups is 1. The van der Waals surface area contributed by atoms with Crippen LogP contribution in [0.3, 0.4) is 0 Å². The summed E-state index contributed by atoms with van der Waals surface area (Å²) in [6.45, 7) is 4.13. The van der Waals surface area contributed by atoms with E-state index in [9.17, 15) is 14.9 Å². The molecule has 1 amide bonds. The number of nitrogens with one attached hydrogen (secondary N) is 1. The van der Waals surface area contributed by atoms with Crippen LogP contribution in [0.15, 0.2) is 48.5 Å². The van der Waals surface area contributed by atoms with Crippen molar-refractivity contribution in [1.82, 2.24) is 0 Å². The number of carbonyl (C=O) groups excluding carboxylic acids is 1. The van der Waals surface area contributed by atoms with Gasteiger partial charge in [0.2, 0.25) is 0 Å². The standard InChI is InChI=1S/C18H20N2O4/c1-3-13(2)14-4-6-15(7-5-14)19-18(21)12-24-17-10-8-16(9-11-17)20(22)23/h4-11,13H,3,12H2,1-2H3,(H,19,21). The lowest BCUT2D eigenvalue weighted by molar-refractivity contribution is -0.384. The van der Waals surface area contributed by atoms with Crippen molar-refractivity contribution < 1.29 is 14.5 Å². The summed E-state index contributed by atoms with van der Waals surface area (Å²) in [7, 11) is 0. The van der Waals surface area contributed by atoms with Gasteiger partial charge in [0.05, 0.1) is 4.92 Å². The van der Waals surface area contributed by atoms with Crippen LogP contribution in [0.2, 0.25) is 0 Å². The van der Waals surface area contributed by atoms with Gasteiger partial charge in [-0.05, 0) is 42.2 Å². The second-order valence-corrected chi connectivity index (χ2v) is 5.52. The van der Waals surface area contributed by atoms with E-state index in [4.69, 9.17) is 4.74 Å². The molecule has 0 aliphatic rings. The molecular formula is C18H20N2O4. The van der Waals surface area contributed by atoms with E-state index >= 15 is 0 Å². The third kappa shape index (κ3) is 4.81. The number of ether oxygens (including phenoxy) is 1. The number of amides is 1. The lowest BCUT2D eigenvalue weighted by atomic mass is 9.99. The van der Waals surface area contributed by atoms with Crippen molar-refractivity contribution in [2.75, 3.05) is 11.9 Å². The number of hydrogen-bond acceptors (Lipinski definition) is 4. The molecule has 0 bridgehead atoms. The molecule has 0 aliphatic heterocycles. The molecular weight excluding hydrogens is 308 g/mol. The molecule has 1 unspecified atom stereocenters. The monoisotopic (exact) mass is 328 g/mol. The molecule has 0 saturated carbocycles. The molecule has 6 heteroatoms. The molecule has 126 valence electrons. The Morgan fingerprint density at radius 3 is 2.33 bits per heavy atom. The molecule has 0 radical (unpaired) electrons. The summed E-state index contributed by atoms with van der Waals surface area (Å²) in [5, 5.41) is 13.3. The topological polar surface area (TPSA) is 81.5 Å². The number of anilines is 1. The number of nitro benzene ring substituents is 1. The lowest BCUT2D eigenvalue weighted by Gasteiger charge is -2.11. The summed E-state index contributed by atoms with van der Waals surface area (Å²) in [4.78, 5) is 22.0. The maximum atomic E-state index is 11.9. The van der Waals surface area contributed by atoms with Gasteiger partial charge in [0.25, 0.3) is 11.6 Å². The van der Waals surface area contributed by atoms with Crippen LogP contribution in [-0.4, -0.2) is 17.4 Å². The molecule has 0 aromatic heterocycles. The summed E-state index contributed by atoms with van der Waals surface area (Å²) in [5.41, 5.74) is 1.92. The fraction of sp³-hybridized carbons (Fsp3) is 0.278. The molecule has 0 saturated heterocycles. The zero-order chi connectivity index (χ0) is 17.5. The van der Waals surface area contributed by atoms with Crippen molar-refractivity contribution in [3.63, 3.8) is 0 Å². The first-order chi connectivity index (χ1) is 11.5. The van der Waals surface area contributed by atoms with Crippen molar-refractivity contribution in [3.05, 3.63) is 64.2 Å². The summed E-state index contributed by atoms with van der Waals surface area (Å²) >= 11 is 0. The first-order valence-electron chi connectivity index (χ1n) is 7.76. The molecule has 0 heterocycles. The van der Waals surface area contributed by atoms with Gasteiger partial charge in [-0.2, -0.15) is 0 Å². The maximum Gasteiger partial charge on any atom is 0.269 e. The van der Waals surface area contributed by atoms with Gasteiger partial charge in [0, 0.05) is 17.8 Å². The van der Waals surface area contributed by atoms with E-state index in [-0.39, 0.29) is 18.2 Å². The molecule has 0 fully saturated rings. The Morgan fingerprint density at radius 1 is 1.17 bits per heavy atom. The minimum absolute atomic E-state index is 0.0202. The first kappa shape index (κ1) is 17.5. The van der Waals surface area contributed by atoms with Gasteiger partial charge in [0.1, 0.15) is 5.75 Å². The molecule has 2 rings (SSSR count). The fourth-order valence-corrected chi connectivity index (χ4v) is 2.14. The minimum Gasteiger partial charge on any atom is -0.484 e. The van der Waals surface area contributed by atoms with Crippen LogP contribution in [0.25, 0.3) is 0 Å². The van der Waals surface area contributed by atoms with Crippen LogP contribution in [0.1, 0.15) is 31.7 Å². The average Bonchev–Trinajstić information content (AvgIpc) is 2.60. The van der Waals surface area contributed by atoms with Crippen LogP contribution in [0, 0.1) is 10.1 Å². The number of carbonyl (C=O) groups is 1. The maximum absolute atomic E-state index is 11.9. The Kier molecular flexibility index (Phi) is 5.89. The third-order valence-electron chi connectivity index (χ3n) is 3.79. The van der Waals surface area contributed by atoms with E-state index < -0.39 is 4.92 Å². The van der Waals surface area contributed by atoms with Crippen LogP contribution >= 0.6 is 0 Å². The van der Waals surface area contributed by atoms with Gasteiger partial charge >= 0.3 is 0 Å². The highest BCUT2D eigenvalue weighted by molar-refractivity contribution is 5.91. The molecule has 1 atom stereocenters. The van der Waals surface area contributed by atoms with Crippen molar-refractivity contribution in [3.8, 4) is 5.75 Å². The van der Waals surface area contributed by atoms with Crippen LogP contribution < -0.4 is 10.1 Å². The lowest BCUT2D eigenvalue weighted by Crippen LogP contribution is -2.20. The predicted octanol–water partition coefficient (Wildman–Crippen LogP) is 4.13. The number of hydrogen-bond donors (Lipinski definition) is 1. The third-order valence-corrected chi connectivity index (χ3v) is 3.79. The highest BCUT2D eigenvalue weighted by Gasteiger charge is 2.08. The summed E-state index contributed by atoms with van der Waals surface area (Å²) in [5.74, 6) is 0.604. The van der Waals surface area contributed by atoms with Gasteiger partial charge in [-0.1, -0.05) is 26.0 Å². The van der Waals surface area contributed by atoms with Gasteiger partial charge < -0.3 is 10.1 Å². The zero-order valence-electron chi connectivity index (χ0n) is 13.7. The largest absolute Gasteiger partial charge is 0.484 e. The zero-order valence-corrected chi connectivity index (χ0v) is 13.7. The molecule has 0 aliphatic carbocycles. The minimum atomic E-state index is -0.487. The molecule has 0 spiro atoms. The van der Waals surface area contributed by atoms with E-state index in [1.165, 1.54) is 29.8 Å². The van der Waals surface area contributed by atoms with Crippen molar-refractivity contribution in [2.45, 2.75) is 26.2 Å². The average molecular weight is 328 g/mol. The van der Waals surface area contributed by atoms with Crippen LogP contribution in [-0.2, 0) is 4.79 Å². The van der Waals surface area contributed by atoms with Gasteiger partial charge in [0.15, 0.2) is 6.61 Å². The van der Waals surface area contributed by atoms with E-state index in [0.29, 0.717) is 17.4 Å². The Bertz CT molecular complexity index is 696. The molecule has 24 heavy (non-hydrogen) atoms. The number of rotatable bonds is 7.